The molecule has 1 heterocycles. The first-order chi connectivity index (χ1) is 4.93. The fourth-order valence-corrected chi connectivity index (χ4v) is 0.882. The lowest BCUT2D eigenvalue weighted by Crippen LogP contribution is -2.12. The zero-order chi connectivity index (χ0) is 7.23. The van der Waals surface area contributed by atoms with E-state index in [4.69, 9.17) is 4.74 Å². The molecule has 54 valence electrons. The summed E-state index contributed by atoms with van der Waals surface area (Å²) in [5, 5.41) is 0. The van der Waals surface area contributed by atoms with Crippen LogP contribution in [0.25, 0.3) is 0 Å². The van der Waals surface area contributed by atoms with Crippen LogP contribution in [0.2, 0.25) is 0 Å². The van der Waals surface area contributed by atoms with Crippen molar-refractivity contribution in [2.24, 2.45) is 0 Å². The van der Waals surface area contributed by atoms with Gasteiger partial charge in [-0.05, 0) is 6.42 Å². The second-order valence-corrected chi connectivity index (χ2v) is 2.20. The van der Waals surface area contributed by atoms with Crippen molar-refractivity contribution in [1.29, 1.82) is 0 Å². The zero-order valence-electron chi connectivity index (χ0n) is 5.99. The molecule has 1 heteroatoms. The Morgan fingerprint density at radius 2 is 2.40 bits per heavy atom. The maximum Gasteiger partial charge on any atom is 0.0797 e. The standard InChI is InChI=1S/C9H12O/c1-2-3-6-9-7-4-5-8-10-9/h2-6,9H,1,7-8H2/b6-3+/t9-/m0/s1. The Labute approximate surface area is 61.7 Å². The molecule has 0 radical (unpaired) electrons. The Morgan fingerprint density at radius 1 is 1.50 bits per heavy atom. The van der Waals surface area contributed by atoms with Crippen molar-refractivity contribution in [3.05, 3.63) is 37.0 Å². The molecular weight excluding hydrogens is 124 g/mol. The van der Waals surface area contributed by atoms with E-state index in [0.29, 0.717) is 0 Å². The molecule has 0 amide bonds. The van der Waals surface area contributed by atoms with E-state index >= 15 is 0 Å². The third-order valence-electron chi connectivity index (χ3n) is 1.40. The summed E-state index contributed by atoms with van der Waals surface area (Å²) in [6.07, 6.45) is 11.1. The van der Waals surface area contributed by atoms with Crippen molar-refractivity contribution in [2.45, 2.75) is 12.5 Å². The number of rotatable bonds is 2. The first kappa shape index (κ1) is 7.29. The van der Waals surface area contributed by atoms with Crippen LogP contribution in [0.1, 0.15) is 6.42 Å². The van der Waals surface area contributed by atoms with E-state index in [9.17, 15) is 0 Å². The molecule has 1 aliphatic rings. The molecule has 0 unspecified atom stereocenters. The van der Waals surface area contributed by atoms with Gasteiger partial charge in [0.05, 0.1) is 12.7 Å². The Hall–Kier alpha value is -0.820. The van der Waals surface area contributed by atoms with E-state index in [-0.39, 0.29) is 6.10 Å². The third kappa shape index (κ3) is 2.19. The predicted molar refractivity (Wildman–Crippen MR) is 42.8 cm³/mol. The van der Waals surface area contributed by atoms with Gasteiger partial charge < -0.3 is 4.74 Å². The van der Waals surface area contributed by atoms with Gasteiger partial charge in [0.1, 0.15) is 0 Å². The summed E-state index contributed by atoms with van der Waals surface area (Å²) >= 11 is 0. The van der Waals surface area contributed by atoms with Gasteiger partial charge >= 0.3 is 0 Å². The van der Waals surface area contributed by atoms with Crippen LogP contribution in [0.4, 0.5) is 0 Å². The topological polar surface area (TPSA) is 9.23 Å². The molecule has 0 aromatic carbocycles. The molecule has 0 saturated carbocycles. The summed E-state index contributed by atoms with van der Waals surface area (Å²) in [5.41, 5.74) is 0. The molecule has 0 aromatic heterocycles. The average molecular weight is 136 g/mol. The summed E-state index contributed by atoms with van der Waals surface area (Å²) in [4.78, 5) is 0. The highest BCUT2D eigenvalue weighted by Gasteiger charge is 2.03. The summed E-state index contributed by atoms with van der Waals surface area (Å²) in [6, 6.07) is 0. The van der Waals surface area contributed by atoms with Crippen LogP contribution >= 0.6 is 0 Å². The molecule has 0 fully saturated rings. The van der Waals surface area contributed by atoms with Crippen LogP contribution in [-0.4, -0.2) is 12.7 Å². The smallest absolute Gasteiger partial charge is 0.0797 e. The van der Waals surface area contributed by atoms with Crippen LogP contribution < -0.4 is 0 Å². The lowest BCUT2D eigenvalue weighted by atomic mass is 10.2. The van der Waals surface area contributed by atoms with E-state index in [1.807, 2.05) is 18.2 Å². The van der Waals surface area contributed by atoms with Gasteiger partial charge in [0.25, 0.3) is 0 Å². The van der Waals surface area contributed by atoms with E-state index in [1.54, 1.807) is 6.08 Å². The van der Waals surface area contributed by atoms with Crippen molar-refractivity contribution < 1.29 is 4.74 Å². The Kier molecular flexibility index (Phi) is 2.97. The average Bonchev–Trinajstić information content (AvgIpc) is 2.03. The van der Waals surface area contributed by atoms with E-state index in [1.165, 1.54) is 0 Å². The molecule has 1 rings (SSSR count). The number of allylic oxidation sites excluding steroid dienone is 2. The normalized spacial score (nSPS) is 25.4. The van der Waals surface area contributed by atoms with Crippen molar-refractivity contribution in [2.75, 3.05) is 6.61 Å². The summed E-state index contributed by atoms with van der Waals surface area (Å²) in [7, 11) is 0. The van der Waals surface area contributed by atoms with E-state index in [2.05, 4.69) is 12.7 Å². The van der Waals surface area contributed by atoms with Gasteiger partial charge in [-0.15, -0.1) is 0 Å². The first-order valence-electron chi connectivity index (χ1n) is 3.49. The van der Waals surface area contributed by atoms with Crippen LogP contribution in [0.15, 0.2) is 37.0 Å². The maximum absolute atomic E-state index is 5.36. The predicted octanol–water partition coefficient (Wildman–Crippen LogP) is 2.07. The van der Waals surface area contributed by atoms with Crippen LogP contribution in [0.5, 0.6) is 0 Å². The van der Waals surface area contributed by atoms with Crippen molar-refractivity contribution in [3.8, 4) is 0 Å². The Morgan fingerprint density at radius 3 is 3.00 bits per heavy atom. The molecular formula is C9H12O. The number of hydrogen-bond acceptors (Lipinski definition) is 1. The fourth-order valence-electron chi connectivity index (χ4n) is 0.882. The van der Waals surface area contributed by atoms with Crippen molar-refractivity contribution in [1.82, 2.24) is 0 Å². The highest BCUT2D eigenvalue weighted by Crippen LogP contribution is 2.06. The minimum absolute atomic E-state index is 0.267. The fraction of sp³-hybridized carbons (Fsp3) is 0.333. The maximum atomic E-state index is 5.36. The van der Waals surface area contributed by atoms with Crippen LogP contribution in [0.3, 0.4) is 0 Å². The number of hydrogen-bond donors (Lipinski definition) is 0. The van der Waals surface area contributed by atoms with Crippen molar-refractivity contribution >= 4 is 0 Å². The quantitative estimate of drug-likeness (QED) is 0.417. The monoisotopic (exact) mass is 136 g/mol. The largest absolute Gasteiger partial charge is 0.370 e. The third-order valence-corrected chi connectivity index (χ3v) is 1.40. The lowest BCUT2D eigenvalue weighted by molar-refractivity contribution is 0.103. The highest BCUT2D eigenvalue weighted by molar-refractivity contribution is 5.04. The van der Waals surface area contributed by atoms with Gasteiger partial charge in [0.15, 0.2) is 0 Å². The molecule has 0 bridgehead atoms. The van der Waals surface area contributed by atoms with E-state index in [0.717, 1.165) is 13.0 Å². The van der Waals surface area contributed by atoms with Crippen LogP contribution in [-0.2, 0) is 4.74 Å². The van der Waals surface area contributed by atoms with Gasteiger partial charge in [-0.25, -0.2) is 0 Å². The van der Waals surface area contributed by atoms with Gasteiger partial charge in [-0.2, -0.15) is 0 Å². The molecule has 0 spiro atoms. The molecule has 0 aromatic rings. The lowest BCUT2D eigenvalue weighted by Gasteiger charge is -2.13. The van der Waals surface area contributed by atoms with Gasteiger partial charge in [0, 0.05) is 0 Å². The highest BCUT2D eigenvalue weighted by atomic mass is 16.5. The first-order valence-corrected chi connectivity index (χ1v) is 3.49. The molecule has 0 N–H and O–H groups in total. The molecule has 10 heavy (non-hydrogen) atoms. The van der Waals surface area contributed by atoms with Gasteiger partial charge in [0.2, 0.25) is 0 Å². The van der Waals surface area contributed by atoms with Gasteiger partial charge in [-0.1, -0.05) is 37.0 Å². The molecule has 0 saturated heterocycles. The van der Waals surface area contributed by atoms with Crippen molar-refractivity contribution in [3.63, 3.8) is 0 Å². The Balaban J connectivity index is 2.34. The molecule has 1 atom stereocenters. The van der Waals surface area contributed by atoms with E-state index < -0.39 is 0 Å². The van der Waals surface area contributed by atoms with Gasteiger partial charge in [-0.3, -0.25) is 0 Å². The minimum atomic E-state index is 0.267. The summed E-state index contributed by atoms with van der Waals surface area (Å²) < 4.78 is 5.36. The number of ether oxygens (including phenoxy) is 1. The second kappa shape index (κ2) is 4.07. The zero-order valence-corrected chi connectivity index (χ0v) is 5.99. The molecule has 1 nitrogen and oxygen atoms in total. The minimum Gasteiger partial charge on any atom is -0.370 e. The van der Waals surface area contributed by atoms with Crippen LogP contribution in [0, 0.1) is 0 Å². The second-order valence-electron chi connectivity index (χ2n) is 2.20. The Bertz CT molecular complexity index is 156. The molecule has 1 aliphatic heterocycles. The summed E-state index contributed by atoms with van der Waals surface area (Å²) in [5.74, 6) is 0. The SMILES string of the molecule is C=C/C=C/[C@H]1CC=CCO1. The molecule has 0 aliphatic carbocycles. The summed E-state index contributed by atoms with van der Waals surface area (Å²) in [6.45, 7) is 4.33.